The van der Waals surface area contributed by atoms with Crippen molar-refractivity contribution in [2.75, 3.05) is 0 Å². The van der Waals surface area contributed by atoms with Gasteiger partial charge >= 0.3 is 5.97 Å². The standard InChI is InChI=1S/C13H21N3O3/c1-5-6-16-10(4)12(9(3)15-16)13(19)14-8(2)7-11(17)18/h8H,5-7H2,1-4H3,(H,14,19)(H,17,18). The van der Waals surface area contributed by atoms with E-state index in [4.69, 9.17) is 5.11 Å². The van der Waals surface area contributed by atoms with Crippen LogP contribution in [0.4, 0.5) is 0 Å². The molecule has 0 aliphatic carbocycles. The number of aromatic nitrogens is 2. The predicted molar refractivity (Wildman–Crippen MR) is 71.2 cm³/mol. The normalized spacial score (nSPS) is 12.2. The molecule has 6 heteroatoms. The number of hydrogen-bond donors (Lipinski definition) is 2. The Labute approximate surface area is 112 Å². The van der Waals surface area contributed by atoms with E-state index in [0.717, 1.165) is 18.7 Å². The lowest BCUT2D eigenvalue weighted by atomic mass is 10.1. The molecule has 0 saturated heterocycles. The van der Waals surface area contributed by atoms with Gasteiger partial charge in [-0.3, -0.25) is 14.3 Å². The van der Waals surface area contributed by atoms with Gasteiger partial charge in [0.25, 0.3) is 5.91 Å². The largest absolute Gasteiger partial charge is 0.481 e. The summed E-state index contributed by atoms with van der Waals surface area (Å²) in [5, 5.41) is 15.7. The average Bonchev–Trinajstić information content (AvgIpc) is 2.53. The molecule has 6 nitrogen and oxygen atoms in total. The van der Waals surface area contributed by atoms with Gasteiger partial charge in [0.05, 0.1) is 17.7 Å². The summed E-state index contributed by atoms with van der Waals surface area (Å²) in [5.74, 6) is -1.19. The second-order valence-electron chi connectivity index (χ2n) is 4.74. The summed E-state index contributed by atoms with van der Waals surface area (Å²) in [6.07, 6.45) is 0.853. The van der Waals surface area contributed by atoms with Gasteiger partial charge in [0.1, 0.15) is 0 Å². The number of carboxylic acid groups (broad SMARTS) is 1. The summed E-state index contributed by atoms with van der Waals surface area (Å²) in [7, 11) is 0. The summed E-state index contributed by atoms with van der Waals surface area (Å²) >= 11 is 0. The van der Waals surface area contributed by atoms with Crippen LogP contribution in [0.5, 0.6) is 0 Å². The van der Waals surface area contributed by atoms with E-state index in [2.05, 4.69) is 10.4 Å². The van der Waals surface area contributed by atoms with Crippen LogP contribution < -0.4 is 5.32 Å². The predicted octanol–water partition coefficient (Wildman–Crippen LogP) is 1.50. The summed E-state index contributed by atoms with van der Waals surface area (Å²) in [5.41, 5.74) is 2.04. The van der Waals surface area contributed by atoms with Gasteiger partial charge < -0.3 is 10.4 Å². The maximum atomic E-state index is 12.1. The molecule has 0 saturated carbocycles. The highest BCUT2D eigenvalue weighted by Gasteiger charge is 2.20. The molecule has 1 amide bonds. The molecule has 1 heterocycles. The second kappa shape index (κ2) is 6.36. The van der Waals surface area contributed by atoms with Crippen LogP contribution in [-0.2, 0) is 11.3 Å². The van der Waals surface area contributed by atoms with E-state index in [1.165, 1.54) is 0 Å². The SMILES string of the molecule is CCCn1nc(C)c(C(=O)NC(C)CC(=O)O)c1C. The minimum absolute atomic E-state index is 0.0903. The third-order valence-electron chi connectivity index (χ3n) is 2.90. The summed E-state index contributed by atoms with van der Waals surface area (Å²) in [4.78, 5) is 22.7. The van der Waals surface area contributed by atoms with Gasteiger partial charge in [-0.1, -0.05) is 6.92 Å². The number of rotatable bonds is 6. The van der Waals surface area contributed by atoms with E-state index in [9.17, 15) is 9.59 Å². The fraction of sp³-hybridized carbons (Fsp3) is 0.615. The van der Waals surface area contributed by atoms with Crippen molar-refractivity contribution in [1.29, 1.82) is 0 Å². The summed E-state index contributed by atoms with van der Waals surface area (Å²) < 4.78 is 1.81. The van der Waals surface area contributed by atoms with E-state index >= 15 is 0 Å². The smallest absolute Gasteiger partial charge is 0.305 e. The highest BCUT2D eigenvalue weighted by atomic mass is 16.4. The zero-order valence-electron chi connectivity index (χ0n) is 11.9. The molecule has 1 unspecified atom stereocenters. The third kappa shape index (κ3) is 3.81. The van der Waals surface area contributed by atoms with Crippen molar-refractivity contribution in [3.8, 4) is 0 Å². The van der Waals surface area contributed by atoms with E-state index in [-0.39, 0.29) is 12.3 Å². The fourth-order valence-electron chi connectivity index (χ4n) is 2.06. The van der Waals surface area contributed by atoms with Crippen LogP contribution in [0.25, 0.3) is 0 Å². The van der Waals surface area contributed by atoms with Crippen LogP contribution in [0.15, 0.2) is 0 Å². The zero-order chi connectivity index (χ0) is 14.6. The van der Waals surface area contributed by atoms with Crippen molar-refractivity contribution in [3.05, 3.63) is 17.0 Å². The van der Waals surface area contributed by atoms with E-state index < -0.39 is 12.0 Å². The van der Waals surface area contributed by atoms with Gasteiger partial charge in [-0.15, -0.1) is 0 Å². The number of aryl methyl sites for hydroxylation is 2. The van der Waals surface area contributed by atoms with Crippen LogP contribution in [0.2, 0.25) is 0 Å². The molecule has 0 spiro atoms. The Bertz CT molecular complexity index is 480. The molecule has 0 radical (unpaired) electrons. The average molecular weight is 267 g/mol. The Kier molecular flexibility index (Phi) is 5.09. The first-order chi connectivity index (χ1) is 8.86. The van der Waals surface area contributed by atoms with Crippen molar-refractivity contribution >= 4 is 11.9 Å². The molecule has 0 aromatic carbocycles. The van der Waals surface area contributed by atoms with Crippen LogP contribution in [0, 0.1) is 13.8 Å². The summed E-state index contributed by atoms with van der Waals surface area (Å²) in [6.45, 7) is 8.13. The maximum absolute atomic E-state index is 12.1. The topological polar surface area (TPSA) is 84.2 Å². The second-order valence-corrected chi connectivity index (χ2v) is 4.74. The first-order valence-electron chi connectivity index (χ1n) is 6.43. The molecular formula is C13H21N3O3. The third-order valence-corrected chi connectivity index (χ3v) is 2.90. The first kappa shape index (κ1) is 15.2. The van der Waals surface area contributed by atoms with Crippen LogP contribution in [0.3, 0.4) is 0 Å². The molecule has 0 bridgehead atoms. The molecule has 106 valence electrons. The zero-order valence-corrected chi connectivity index (χ0v) is 11.9. The summed E-state index contributed by atoms with van der Waals surface area (Å²) in [6, 6.07) is -0.404. The molecule has 2 N–H and O–H groups in total. The number of nitrogens with zero attached hydrogens (tertiary/aromatic N) is 2. The number of nitrogens with one attached hydrogen (secondary N) is 1. The van der Waals surface area contributed by atoms with Crippen molar-refractivity contribution in [2.45, 2.75) is 53.1 Å². The molecule has 0 aliphatic rings. The van der Waals surface area contributed by atoms with Crippen LogP contribution in [-0.4, -0.2) is 32.8 Å². The van der Waals surface area contributed by atoms with Gasteiger partial charge in [-0.25, -0.2) is 0 Å². The minimum atomic E-state index is -0.928. The molecule has 0 aliphatic heterocycles. The van der Waals surface area contributed by atoms with Gasteiger partial charge in [-0.05, 0) is 27.2 Å². The Balaban J connectivity index is 2.85. The Morgan fingerprint density at radius 1 is 1.42 bits per heavy atom. The molecular weight excluding hydrogens is 246 g/mol. The van der Waals surface area contributed by atoms with Crippen LogP contribution in [0.1, 0.15) is 48.4 Å². The van der Waals surface area contributed by atoms with Gasteiger partial charge in [0.15, 0.2) is 0 Å². The highest BCUT2D eigenvalue weighted by molar-refractivity contribution is 5.96. The maximum Gasteiger partial charge on any atom is 0.305 e. The van der Waals surface area contributed by atoms with Crippen molar-refractivity contribution < 1.29 is 14.7 Å². The van der Waals surface area contributed by atoms with Gasteiger partial charge in [-0.2, -0.15) is 5.10 Å². The molecule has 0 fully saturated rings. The molecule has 1 rings (SSSR count). The molecule has 1 aromatic heterocycles. The fourth-order valence-corrected chi connectivity index (χ4v) is 2.06. The number of carbonyl (C=O) groups excluding carboxylic acids is 1. The molecule has 1 aromatic rings. The minimum Gasteiger partial charge on any atom is -0.481 e. The Morgan fingerprint density at radius 2 is 2.05 bits per heavy atom. The van der Waals surface area contributed by atoms with E-state index in [1.54, 1.807) is 13.8 Å². The lowest BCUT2D eigenvalue weighted by Gasteiger charge is -2.11. The van der Waals surface area contributed by atoms with Crippen molar-refractivity contribution in [2.24, 2.45) is 0 Å². The van der Waals surface area contributed by atoms with Crippen LogP contribution >= 0.6 is 0 Å². The number of carbonyl (C=O) groups is 2. The van der Waals surface area contributed by atoms with Gasteiger partial charge in [0.2, 0.25) is 0 Å². The number of amides is 1. The monoisotopic (exact) mass is 267 g/mol. The lowest BCUT2D eigenvalue weighted by molar-refractivity contribution is -0.137. The van der Waals surface area contributed by atoms with E-state index in [0.29, 0.717) is 11.3 Å². The van der Waals surface area contributed by atoms with E-state index in [1.807, 2.05) is 18.5 Å². The first-order valence-corrected chi connectivity index (χ1v) is 6.43. The Hall–Kier alpha value is -1.85. The number of aliphatic carboxylic acids is 1. The lowest BCUT2D eigenvalue weighted by Crippen LogP contribution is -2.34. The number of hydrogen-bond acceptors (Lipinski definition) is 3. The molecule has 19 heavy (non-hydrogen) atoms. The van der Waals surface area contributed by atoms with Crippen molar-refractivity contribution in [1.82, 2.24) is 15.1 Å². The highest BCUT2D eigenvalue weighted by Crippen LogP contribution is 2.13. The quantitative estimate of drug-likeness (QED) is 0.818. The molecule has 1 atom stereocenters. The Morgan fingerprint density at radius 3 is 2.58 bits per heavy atom. The van der Waals surface area contributed by atoms with Gasteiger partial charge in [0, 0.05) is 18.3 Å². The number of carboxylic acids is 1. The van der Waals surface area contributed by atoms with Crippen molar-refractivity contribution in [3.63, 3.8) is 0 Å².